The molecule has 2 aliphatic rings. The second-order valence-electron chi connectivity index (χ2n) is 8.49. The van der Waals surface area contributed by atoms with Crippen molar-refractivity contribution in [1.82, 2.24) is 9.96 Å². The molecule has 0 aromatic heterocycles. The molecule has 1 aromatic rings. The maximum atomic E-state index is 13.2. The average Bonchev–Trinajstić information content (AvgIpc) is 3.16. The molecule has 0 unspecified atom stereocenters. The first-order valence-corrected chi connectivity index (χ1v) is 9.75. The Hall–Kier alpha value is -2.49. The number of carbonyl (C=O) groups is 3. The number of hydrogen-bond acceptors (Lipinski definition) is 8. The third-order valence-electron chi connectivity index (χ3n) is 5.07. The van der Waals surface area contributed by atoms with Crippen molar-refractivity contribution in [2.24, 2.45) is 5.92 Å². The Kier molecular flexibility index (Phi) is 6.16. The van der Waals surface area contributed by atoms with Gasteiger partial charge in [-0.3, -0.25) is 9.63 Å². The van der Waals surface area contributed by atoms with E-state index in [9.17, 15) is 14.4 Å². The van der Waals surface area contributed by atoms with Gasteiger partial charge in [-0.1, -0.05) is 30.3 Å². The lowest BCUT2D eigenvalue weighted by Gasteiger charge is -2.37. The molecule has 0 radical (unpaired) electrons. The molecule has 2 aliphatic heterocycles. The number of amides is 2. The fourth-order valence-corrected chi connectivity index (χ4v) is 3.85. The summed E-state index contributed by atoms with van der Waals surface area (Å²) in [5.74, 6) is -2.06. The summed E-state index contributed by atoms with van der Waals surface area (Å²) in [7, 11) is 2.86. The molecular formula is C21H28N2O7. The zero-order valence-electron chi connectivity index (χ0n) is 17.9. The first-order chi connectivity index (χ1) is 14.1. The smallest absolute Gasteiger partial charge is 0.418 e. The molecule has 3 atom stereocenters. The average molecular weight is 420 g/mol. The Morgan fingerprint density at radius 2 is 1.90 bits per heavy atom. The van der Waals surface area contributed by atoms with E-state index in [1.165, 1.54) is 12.2 Å². The summed E-state index contributed by atoms with van der Waals surface area (Å²) in [5, 5.41) is 1.48. The van der Waals surface area contributed by atoms with Gasteiger partial charge in [-0.15, -0.1) is 0 Å². The third kappa shape index (κ3) is 4.05. The zero-order chi connectivity index (χ0) is 22.1. The largest absolute Gasteiger partial charge is 0.467 e. The van der Waals surface area contributed by atoms with Crippen LogP contribution >= 0.6 is 0 Å². The lowest BCUT2D eigenvalue weighted by Crippen LogP contribution is -2.64. The van der Waals surface area contributed by atoms with Gasteiger partial charge in [0, 0.05) is 13.6 Å². The third-order valence-corrected chi connectivity index (χ3v) is 5.07. The molecule has 2 heterocycles. The molecule has 9 nitrogen and oxygen atoms in total. The number of methoxy groups -OCH3 is 1. The standard InChI is InChI=1S/C21H28N2O7/c1-20(2,3)29-19(26)23-17(24)15-11-22(4)30-16(15)21(23,18(25)27-5)13-28-12-14-9-7-6-8-10-14/h6-10,15-16H,11-13H2,1-5H3/t15-,16+,21-/m1/s1. The summed E-state index contributed by atoms with van der Waals surface area (Å²) in [6, 6.07) is 9.36. The second kappa shape index (κ2) is 8.33. The van der Waals surface area contributed by atoms with Crippen LogP contribution in [0.2, 0.25) is 0 Å². The monoisotopic (exact) mass is 420 g/mol. The van der Waals surface area contributed by atoms with E-state index >= 15 is 0 Å². The minimum absolute atomic E-state index is 0.184. The molecule has 30 heavy (non-hydrogen) atoms. The highest BCUT2D eigenvalue weighted by atomic mass is 16.7. The van der Waals surface area contributed by atoms with E-state index in [1.54, 1.807) is 27.8 Å². The van der Waals surface area contributed by atoms with E-state index in [2.05, 4.69) is 0 Å². The van der Waals surface area contributed by atoms with Crippen molar-refractivity contribution in [3.05, 3.63) is 35.9 Å². The lowest BCUT2D eigenvalue weighted by atomic mass is 9.89. The number of esters is 1. The van der Waals surface area contributed by atoms with Crippen LogP contribution in [0.4, 0.5) is 4.79 Å². The molecule has 1 aromatic carbocycles. The topological polar surface area (TPSA) is 94.6 Å². The van der Waals surface area contributed by atoms with E-state index in [0.717, 1.165) is 10.5 Å². The van der Waals surface area contributed by atoms with Crippen LogP contribution in [0.15, 0.2) is 30.3 Å². The molecule has 0 N–H and O–H groups in total. The number of hydroxylamine groups is 2. The fourth-order valence-electron chi connectivity index (χ4n) is 3.85. The number of carbonyl (C=O) groups excluding carboxylic acids is 3. The van der Waals surface area contributed by atoms with E-state index < -0.39 is 41.1 Å². The minimum Gasteiger partial charge on any atom is -0.467 e. The molecule has 0 saturated carbocycles. The van der Waals surface area contributed by atoms with Gasteiger partial charge < -0.3 is 14.2 Å². The first-order valence-electron chi connectivity index (χ1n) is 9.75. The molecule has 9 heteroatoms. The minimum atomic E-state index is -1.79. The van der Waals surface area contributed by atoms with Gasteiger partial charge in [0.2, 0.25) is 11.4 Å². The molecular weight excluding hydrogens is 392 g/mol. The molecule has 0 spiro atoms. The number of hydrogen-bond donors (Lipinski definition) is 0. The van der Waals surface area contributed by atoms with Crippen LogP contribution in [0, 0.1) is 5.92 Å². The molecule has 0 bridgehead atoms. The number of benzene rings is 1. The Labute approximate surface area is 175 Å². The second-order valence-corrected chi connectivity index (χ2v) is 8.49. The Balaban J connectivity index is 1.96. The summed E-state index contributed by atoms with van der Waals surface area (Å²) in [6.45, 7) is 5.19. The predicted octanol–water partition coefficient (Wildman–Crippen LogP) is 1.75. The summed E-state index contributed by atoms with van der Waals surface area (Å²) in [5.41, 5.74) is -1.77. The van der Waals surface area contributed by atoms with Gasteiger partial charge in [-0.25, -0.2) is 14.5 Å². The summed E-state index contributed by atoms with van der Waals surface area (Å²) in [4.78, 5) is 45.9. The molecule has 2 fully saturated rings. The van der Waals surface area contributed by atoms with E-state index in [1.807, 2.05) is 30.3 Å². The van der Waals surface area contributed by atoms with Gasteiger partial charge in [0.15, 0.2) is 0 Å². The first kappa shape index (κ1) is 22.2. The van der Waals surface area contributed by atoms with Crippen LogP contribution in [0.25, 0.3) is 0 Å². The molecule has 164 valence electrons. The van der Waals surface area contributed by atoms with E-state index in [-0.39, 0.29) is 19.8 Å². The van der Waals surface area contributed by atoms with Crippen LogP contribution in [0.5, 0.6) is 0 Å². The fraction of sp³-hybridized carbons (Fsp3) is 0.571. The van der Waals surface area contributed by atoms with Crippen LogP contribution in [-0.4, -0.2) is 72.5 Å². The lowest BCUT2D eigenvalue weighted by molar-refractivity contribution is -0.193. The predicted molar refractivity (Wildman–Crippen MR) is 105 cm³/mol. The van der Waals surface area contributed by atoms with Gasteiger partial charge in [0.05, 0.1) is 26.2 Å². The summed E-state index contributed by atoms with van der Waals surface area (Å²) < 4.78 is 16.3. The molecule has 0 aliphatic carbocycles. The van der Waals surface area contributed by atoms with Crippen LogP contribution in [0.3, 0.4) is 0 Å². The Bertz CT molecular complexity index is 807. The van der Waals surface area contributed by atoms with Gasteiger partial charge >= 0.3 is 12.1 Å². The van der Waals surface area contributed by atoms with Gasteiger partial charge in [0.1, 0.15) is 11.7 Å². The van der Waals surface area contributed by atoms with Crippen molar-refractivity contribution >= 4 is 18.0 Å². The van der Waals surface area contributed by atoms with Crippen molar-refractivity contribution in [3.63, 3.8) is 0 Å². The summed E-state index contributed by atoms with van der Waals surface area (Å²) in [6.07, 6.45) is -1.87. The van der Waals surface area contributed by atoms with Crippen LogP contribution < -0.4 is 0 Å². The van der Waals surface area contributed by atoms with Crippen molar-refractivity contribution < 1.29 is 33.4 Å². The molecule has 3 rings (SSSR count). The van der Waals surface area contributed by atoms with Crippen LogP contribution in [0.1, 0.15) is 26.3 Å². The Morgan fingerprint density at radius 1 is 1.23 bits per heavy atom. The highest BCUT2D eigenvalue weighted by molar-refractivity contribution is 6.04. The Morgan fingerprint density at radius 3 is 2.50 bits per heavy atom. The van der Waals surface area contributed by atoms with Crippen molar-refractivity contribution in [1.29, 1.82) is 0 Å². The van der Waals surface area contributed by atoms with Crippen molar-refractivity contribution in [3.8, 4) is 0 Å². The highest BCUT2D eigenvalue weighted by Crippen LogP contribution is 2.43. The highest BCUT2D eigenvalue weighted by Gasteiger charge is 2.70. The summed E-state index contributed by atoms with van der Waals surface area (Å²) >= 11 is 0. The maximum absolute atomic E-state index is 13.2. The number of nitrogens with zero attached hydrogens (tertiary/aromatic N) is 2. The van der Waals surface area contributed by atoms with Gasteiger partial charge in [0.25, 0.3) is 0 Å². The van der Waals surface area contributed by atoms with Gasteiger partial charge in [-0.2, -0.15) is 5.06 Å². The van der Waals surface area contributed by atoms with Crippen molar-refractivity contribution in [2.45, 2.75) is 44.6 Å². The number of rotatable bonds is 5. The zero-order valence-corrected chi connectivity index (χ0v) is 17.9. The quantitative estimate of drug-likeness (QED) is 0.665. The van der Waals surface area contributed by atoms with Crippen molar-refractivity contribution in [2.75, 3.05) is 27.3 Å². The number of likely N-dealkylation sites (tertiary alicyclic amines) is 1. The number of imide groups is 1. The van der Waals surface area contributed by atoms with E-state index in [4.69, 9.17) is 19.0 Å². The SMILES string of the molecule is COC(=O)[C@@]1(COCc2ccccc2)[C@H]2ON(C)C[C@H]2C(=O)N1C(=O)OC(C)(C)C. The normalized spacial score (nSPS) is 26.6. The van der Waals surface area contributed by atoms with E-state index in [0.29, 0.717) is 0 Å². The van der Waals surface area contributed by atoms with Crippen LogP contribution in [-0.2, 0) is 35.2 Å². The molecule has 2 amide bonds. The number of ether oxygens (including phenoxy) is 3. The number of fused-ring (bicyclic) bond motifs is 1. The van der Waals surface area contributed by atoms with Gasteiger partial charge in [-0.05, 0) is 26.3 Å². The maximum Gasteiger partial charge on any atom is 0.418 e. The molecule has 2 saturated heterocycles.